The molecule has 110 valence electrons. The van der Waals surface area contributed by atoms with Gasteiger partial charge in [-0.05, 0) is 24.3 Å². The average Bonchev–Trinajstić information content (AvgIpc) is 2.83. The van der Waals surface area contributed by atoms with Crippen LogP contribution in [-0.4, -0.2) is 38.1 Å². The van der Waals surface area contributed by atoms with E-state index < -0.39 is 19.0 Å². The van der Waals surface area contributed by atoms with Gasteiger partial charge in [0.1, 0.15) is 5.75 Å². The Morgan fingerprint density at radius 2 is 1.95 bits per heavy atom. The summed E-state index contributed by atoms with van der Waals surface area (Å²) in [4.78, 5) is 12.9. The van der Waals surface area contributed by atoms with Gasteiger partial charge in [0, 0.05) is 18.8 Å². The molecular weight excluding hydrogens is 280 g/mol. The summed E-state index contributed by atoms with van der Waals surface area (Å²) in [6.45, 7) is -0.367. The zero-order valence-electron chi connectivity index (χ0n) is 10.3. The number of amides is 2. The number of nitrogens with one attached hydrogen (secondary N) is 1. The molecule has 20 heavy (non-hydrogen) atoms. The van der Waals surface area contributed by atoms with Gasteiger partial charge in [0.15, 0.2) is 6.61 Å². The summed E-state index contributed by atoms with van der Waals surface area (Å²) in [6.07, 6.45) is -3.77. The number of carbonyl (C=O) groups is 1. The lowest BCUT2D eigenvalue weighted by atomic mass is 10.3. The fourth-order valence-electron chi connectivity index (χ4n) is 1.68. The summed E-state index contributed by atoms with van der Waals surface area (Å²) in [5, 5.41) is 2.61. The van der Waals surface area contributed by atoms with Crippen molar-refractivity contribution < 1.29 is 27.1 Å². The zero-order chi connectivity index (χ0) is 14.8. The van der Waals surface area contributed by atoms with Gasteiger partial charge in [0.25, 0.3) is 0 Å². The van der Waals surface area contributed by atoms with Gasteiger partial charge < -0.3 is 10.1 Å². The number of hydrogen-bond donors (Lipinski definition) is 1. The van der Waals surface area contributed by atoms with Crippen molar-refractivity contribution in [3.8, 4) is 5.75 Å². The molecule has 1 aromatic carbocycles. The Labute approximate surface area is 112 Å². The molecular formula is C12H12F4N2O2. The first-order valence-electron chi connectivity index (χ1n) is 5.84. The first-order chi connectivity index (χ1) is 9.40. The Morgan fingerprint density at radius 3 is 2.45 bits per heavy atom. The van der Waals surface area contributed by atoms with Crippen molar-refractivity contribution in [1.82, 2.24) is 5.32 Å². The highest BCUT2D eigenvalue weighted by atomic mass is 19.3. The Bertz CT molecular complexity index is 479. The van der Waals surface area contributed by atoms with E-state index in [2.05, 4.69) is 10.1 Å². The molecule has 2 amide bonds. The van der Waals surface area contributed by atoms with E-state index in [1.807, 2.05) is 0 Å². The fourth-order valence-corrected chi connectivity index (χ4v) is 1.68. The normalized spacial score (nSPS) is 15.7. The van der Waals surface area contributed by atoms with E-state index in [1.54, 1.807) is 0 Å². The molecule has 0 aromatic heterocycles. The maximum Gasteiger partial charge on any atom is 0.340 e. The number of rotatable bonds is 5. The van der Waals surface area contributed by atoms with Crippen LogP contribution in [0.15, 0.2) is 24.3 Å². The molecule has 0 unspecified atom stereocenters. The van der Waals surface area contributed by atoms with Gasteiger partial charge in [-0.1, -0.05) is 0 Å². The van der Waals surface area contributed by atoms with Crippen molar-refractivity contribution in [3.05, 3.63) is 24.3 Å². The number of hydrogen-bond acceptors (Lipinski definition) is 2. The molecule has 1 fully saturated rings. The molecule has 1 aromatic rings. The maximum absolute atomic E-state index is 12.7. The van der Waals surface area contributed by atoms with Crippen LogP contribution in [0.5, 0.6) is 5.75 Å². The molecule has 0 spiro atoms. The van der Waals surface area contributed by atoms with E-state index in [9.17, 15) is 22.4 Å². The first-order valence-corrected chi connectivity index (χ1v) is 5.84. The predicted molar refractivity (Wildman–Crippen MR) is 63.6 cm³/mol. The molecule has 1 heterocycles. The van der Waals surface area contributed by atoms with E-state index in [4.69, 9.17) is 0 Å². The molecule has 0 saturated carbocycles. The zero-order valence-corrected chi connectivity index (χ0v) is 10.3. The molecule has 1 N–H and O–H groups in total. The number of benzene rings is 1. The Morgan fingerprint density at radius 1 is 1.30 bits per heavy atom. The molecule has 0 aliphatic carbocycles. The molecule has 2 rings (SSSR count). The molecule has 1 aliphatic rings. The number of carbonyl (C=O) groups excluding carboxylic acids is 1. The van der Waals surface area contributed by atoms with Crippen molar-refractivity contribution >= 4 is 11.7 Å². The highest BCUT2D eigenvalue weighted by Gasteiger charge is 2.41. The van der Waals surface area contributed by atoms with Crippen molar-refractivity contribution in [1.29, 1.82) is 0 Å². The largest absolute Gasteiger partial charge is 0.487 e. The summed E-state index contributed by atoms with van der Waals surface area (Å²) < 4.78 is 53.9. The van der Waals surface area contributed by atoms with Crippen LogP contribution in [0.3, 0.4) is 0 Å². The predicted octanol–water partition coefficient (Wildman–Crippen LogP) is 2.50. The highest BCUT2D eigenvalue weighted by molar-refractivity contribution is 5.94. The van der Waals surface area contributed by atoms with Crippen LogP contribution in [0.1, 0.15) is 0 Å². The van der Waals surface area contributed by atoms with Crippen LogP contribution in [0.25, 0.3) is 0 Å². The number of alkyl halides is 4. The van der Waals surface area contributed by atoms with Gasteiger partial charge in [-0.2, -0.15) is 8.78 Å². The summed E-state index contributed by atoms with van der Waals surface area (Å²) in [6, 6.07) is 5.45. The lowest BCUT2D eigenvalue weighted by Crippen LogP contribution is -2.33. The topological polar surface area (TPSA) is 41.6 Å². The van der Waals surface area contributed by atoms with E-state index in [1.165, 1.54) is 29.2 Å². The standard InChI is InChI=1S/C12H12F4N2O2/c13-10(14)12(15,16)7-20-9-3-1-8(2-4-9)18-6-5-17-11(18)19/h1-4,10H,5-7H2,(H,17,19). The monoisotopic (exact) mass is 292 g/mol. The molecule has 0 bridgehead atoms. The lowest BCUT2D eigenvalue weighted by Gasteiger charge is -2.17. The quantitative estimate of drug-likeness (QED) is 0.847. The van der Waals surface area contributed by atoms with E-state index in [-0.39, 0.29) is 11.8 Å². The van der Waals surface area contributed by atoms with E-state index >= 15 is 0 Å². The number of ether oxygens (including phenoxy) is 1. The van der Waals surface area contributed by atoms with Crippen LogP contribution in [0.4, 0.5) is 28.0 Å². The van der Waals surface area contributed by atoms with Gasteiger partial charge in [-0.3, -0.25) is 4.90 Å². The Kier molecular flexibility index (Phi) is 4.01. The Balaban J connectivity index is 1.97. The SMILES string of the molecule is O=C1NCCN1c1ccc(OCC(F)(F)C(F)F)cc1. The molecule has 4 nitrogen and oxygen atoms in total. The molecule has 1 saturated heterocycles. The van der Waals surface area contributed by atoms with Crippen LogP contribution < -0.4 is 15.0 Å². The number of anilines is 1. The second kappa shape index (κ2) is 5.56. The van der Waals surface area contributed by atoms with Gasteiger partial charge in [0.2, 0.25) is 0 Å². The Hall–Kier alpha value is -1.99. The molecule has 0 atom stereocenters. The minimum Gasteiger partial charge on any atom is -0.487 e. The third-order valence-corrected chi connectivity index (χ3v) is 2.76. The van der Waals surface area contributed by atoms with Crippen LogP contribution in [0.2, 0.25) is 0 Å². The van der Waals surface area contributed by atoms with Crippen LogP contribution in [-0.2, 0) is 0 Å². The van der Waals surface area contributed by atoms with Gasteiger partial charge in [-0.15, -0.1) is 0 Å². The van der Waals surface area contributed by atoms with Crippen LogP contribution >= 0.6 is 0 Å². The van der Waals surface area contributed by atoms with Crippen molar-refractivity contribution in [2.75, 3.05) is 24.6 Å². The van der Waals surface area contributed by atoms with Crippen molar-refractivity contribution in [2.24, 2.45) is 0 Å². The minimum absolute atomic E-state index is 0.0358. The van der Waals surface area contributed by atoms with Crippen molar-refractivity contribution in [3.63, 3.8) is 0 Å². The highest BCUT2D eigenvalue weighted by Crippen LogP contribution is 2.25. The maximum atomic E-state index is 12.7. The third-order valence-electron chi connectivity index (χ3n) is 2.76. The smallest absolute Gasteiger partial charge is 0.340 e. The summed E-state index contributed by atoms with van der Waals surface area (Å²) in [5.74, 6) is -4.15. The van der Waals surface area contributed by atoms with E-state index in [0.29, 0.717) is 18.8 Å². The fraction of sp³-hybridized carbons (Fsp3) is 0.417. The number of halogens is 4. The lowest BCUT2D eigenvalue weighted by molar-refractivity contribution is -0.148. The molecule has 8 heteroatoms. The second-order valence-electron chi connectivity index (χ2n) is 4.23. The summed E-state index contributed by atoms with van der Waals surface area (Å²) >= 11 is 0. The third kappa shape index (κ3) is 3.12. The van der Waals surface area contributed by atoms with Gasteiger partial charge >= 0.3 is 18.4 Å². The van der Waals surface area contributed by atoms with Crippen LogP contribution in [0, 0.1) is 0 Å². The van der Waals surface area contributed by atoms with Gasteiger partial charge in [-0.25, -0.2) is 13.6 Å². The average molecular weight is 292 g/mol. The molecule has 1 aliphatic heterocycles. The van der Waals surface area contributed by atoms with Gasteiger partial charge in [0.05, 0.1) is 0 Å². The summed E-state index contributed by atoms with van der Waals surface area (Å²) in [7, 11) is 0. The summed E-state index contributed by atoms with van der Waals surface area (Å²) in [5.41, 5.74) is 0.577. The number of urea groups is 1. The first kappa shape index (κ1) is 14.4. The number of nitrogens with zero attached hydrogens (tertiary/aromatic N) is 1. The van der Waals surface area contributed by atoms with E-state index in [0.717, 1.165) is 0 Å². The molecule has 0 radical (unpaired) electrons. The second-order valence-corrected chi connectivity index (χ2v) is 4.23. The van der Waals surface area contributed by atoms with Crippen molar-refractivity contribution in [2.45, 2.75) is 12.3 Å². The minimum atomic E-state index is -4.19.